The van der Waals surface area contributed by atoms with Crippen molar-refractivity contribution >= 4 is 11.8 Å². The molecule has 0 radical (unpaired) electrons. The van der Waals surface area contributed by atoms with Crippen molar-refractivity contribution in [3.63, 3.8) is 0 Å². The molecule has 1 heterocycles. The summed E-state index contributed by atoms with van der Waals surface area (Å²) in [4.78, 5) is 4.88. The van der Waals surface area contributed by atoms with Crippen LogP contribution >= 0.6 is 11.8 Å². The van der Waals surface area contributed by atoms with Crippen LogP contribution < -0.4 is 5.73 Å². The number of benzene rings is 1. The van der Waals surface area contributed by atoms with Gasteiger partial charge in [0, 0.05) is 18.0 Å². The second-order valence-electron chi connectivity index (χ2n) is 5.24. The molecule has 2 aromatic rings. The minimum atomic E-state index is 0.581. The van der Waals surface area contributed by atoms with E-state index in [1.54, 1.807) is 11.8 Å². The van der Waals surface area contributed by atoms with Crippen LogP contribution in [0, 0.1) is 0 Å². The molecule has 1 aliphatic carbocycles. The zero-order chi connectivity index (χ0) is 13.8. The van der Waals surface area contributed by atoms with Crippen LogP contribution in [0.15, 0.2) is 41.4 Å². The fraction of sp³-hybridized carbons (Fsp3) is 0.353. The summed E-state index contributed by atoms with van der Waals surface area (Å²) in [5.74, 6) is 0.958. The van der Waals surface area contributed by atoms with Crippen LogP contribution in [0.4, 0.5) is 0 Å². The first-order chi connectivity index (χ1) is 9.86. The van der Waals surface area contributed by atoms with Crippen LogP contribution in [0.1, 0.15) is 35.2 Å². The Labute approximate surface area is 124 Å². The molecule has 2 nitrogen and oxygen atoms in total. The number of fused-ring (bicyclic) bond motifs is 1. The van der Waals surface area contributed by atoms with Crippen molar-refractivity contribution in [3.05, 3.63) is 58.8 Å². The number of nitrogens with two attached hydrogens (primary N) is 1. The lowest BCUT2D eigenvalue weighted by Crippen LogP contribution is -2.10. The first-order valence-electron chi connectivity index (χ1n) is 7.25. The number of aromatic nitrogens is 1. The molecule has 0 fully saturated rings. The number of hydrogen-bond donors (Lipinski definition) is 1. The maximum atomic E-state index is 5.90. The van der Waals surface area contributed by atoms with E-state index in [4.69, 9.17) is 10.7 Å². The molecule has 0 unspecified atom stereocenters. The number of hydrogen-bond acceptors (Lipinski definition) is 3. The van der Waals surface area contributed by atoms with Crippen LogP contribution in [0.2, 0.25) is 0 Å². The van der Waals surface area contributed by atoms with Gasteiger partial charge in [0.05, 0.1) is 0 Å². The maximum Gasteiger partial charge on any atom is 0.101 e. The summed E-state index contributed by atoms with van der Waals surface area (Å²) in [5, 5.41) is 1.12. The Hall–Kier alpha value is -1.32. The highest BCUT2D eigenvalue weighted by molar-refractivity contribution is 7.98. The largest absolute Gasteiger partial charge is 0.326 e. The number of thioether (sulfide) groups is 1. The molecule has 3 heteroatoms. The molecule has 0 aliphatic heterocycles. The fourth-order valence-corrected chi connectivity index (χ4v) is 3.66. The van der Waals surface area contributed by atoms with E-state index in [1.807, 2.05) is 0 Å². The normalized spacial score (nSPS) is 14.1. The summed E-state index contributed by atoms with van der Waals surface area (Å²) >= 11 is 1.81. The van der Waals surface area contributed by atoms with Crippen LogP contribution in [-0.2, 0) is 25.1 Å². The molecule has 0 atom stereocenters. The maximum absolute atomic E-state index is 5.90. The Morgan fingerprint density at radius 3 is 2.70 bits per heavy atom. The lowest BCUT2D eigenvalue weighted by Gasteiger charge is -2.18. The Balaban J connectivity index is 1.81. The van der Waals surface area contributed by atoms with E-state index in [1.165, 1.54) is 41.6 Å². The monoisotopic (exact) mass is 284 g/mol. The van der Waals surface area contributed by atoms with Gasteiger partial charge >= 0.3 is 0 Å². The summed E-state index contributed by atoms with van der Waals surface area (Å²) in [6, 6.07) is 12.8. The molecule has 0 spiro atoms. The number of aryl methyl sites for hydroxylation is 2. The number of rotatable bonds is 4. The van der Waals surface area contributed by atoms with E-state index in [-0.39, 0.29) is 0 Å². The molecule has 2 N–H and O–H groups in total. The zero-order valence-electron chi connectivity index (χ0n) is 11.6. The highest BCUT2D eigenvalue weighted by Gasteiger charge is 2.14. The van der Waals surface area contributed by atoms with E-state index in [2.05, 4.69) is 36.4 Å². The van der Waals surface area contributed by atoms with Crippen molar-refractivity contribution in [2.75, 3.05) is 0 Å². The van der Waals surface area contributed by atoms with Gasteiger partial charge in [-0.05, 0) is 42.4 Å². The summed E-state index contributed by atoms with van der Waals surface area (Å²) < 4.78 is 0. The fourth-order valence-electron chi connectivity index (χ4n) is 2.66. The van der Waals surface area contributed by atoms with Gasteiger partial charge in [0.1, 0.15) is 5.03 Å². The molecular formula is C17H20N2S. The summed E-state index contributed by atoms with van der Waals surface area (Å²) in [6.07, 6.45) is 4.85. The Bertz CT molecular complexity index is 581. The van der Waals surface area contributed by atoms with Crippen LogP contribution in [0.25, 0.3) is 0 Å². The number of nitrogens with zero attached hydrogens (tertiary/aromatic N) is 1. The van der Waals surface area contributed by atoms with Crippen molar-refractivity contribution in [2.24, 2.45) is 5.73 Å². The molecule has 1 aromatic heterocycles. The third kappa shape index (κ3) is 3.05. The van der Waals surface area contributed by atoms with E-state index >= 15 is 0 Å². The van der Waals surface area contributed by atoms with Crippen molar-refractivity contribution in [2.45, 2.75) is 43.0 Å². The average molecular weight is 284 g/mol. The lowest BCUT2D eigenvalue weighted by molar-refractivity contribution is 0.656. The van der Waals surface area contributed by atoms with Gasteiger partial charge in [0.25, 0.3) is 0 Å². The standard InChI is InChI=1S/C17H20N2S/c18-11-15-10-14-8-4-5-9-16(14)19-17(15)20-12-13-6-2-1-3-7-13/h1-3,6-7,10H,4-5,8-9,11-12,18H2. The molecule has 0 amide bonds. The van der Waals surface area contributed by atoms with Crippen molar-refractivity contribution in [1.82, 2.24) is 4.98 Å². The van der Waals surface area contributed by atoms with E-state index in [0.29, 0.717) is 6.54 Å². The second-order valence-corrected chi connectivity index (χ2v) is 6.21. The predicted molar refractivity (Wildman–Crippen MR) is 84.8 cm³/mol. The molecule has 104 valence electrons. The van der Waals surface area contributed by atoms with E-state index < -0.39 is 0 Å². The van der Waals surface area contributed by atoms with Crippen LogP contribution in [0.5, 0.6) is 0 Å². The molecule has 3 rings (SSSR count). The molecule has 20 heavy (non-hydrogen) atoms. The quantitative estimate of drug-likeness (QED) is 0.870. The predicted octanol–water partition coefficient (Wildman–Crippen LogP) is 3.71. The molecule has 0 saturated carbocycles. The number of pyridine rings is 1. The summed E-state index contributed by atoms with van der Waals surface area (Å²) in [5.41, 5.74) is 11.1. The molecule has 0 bridgehead atoms. The van der Waals surface area contributed by atoms with Crippen molar-refractivity contribution < 1.29 is 0 Å². The van der Waals surface area contributed by atoms with Gasteiger partial charge in [-0.1, -0.05) is 36.4 Å². The van der Waals surface area contributed by atoms with Crippen molar-refractivity contribution in [1.29, 1.82) is 0 Å². The average Bonchev–Trinajstić information content (AvgIpc) is 2.53. The third-order valence-electron chi connectivity index (χ3n) is 3.78. The molecular weight excluding hydrogens is 264 g/mol. The first-order valence-corrected chi connectivity index (χ1v) is 8.24. The minimum Gasteiger partial charge on any atom is -0.326 e. The summed E-state index contributed by atoms with van der Waals surface area (Å²) in [7, 11) is 0. The lowest BCUT2D eigenvalue weighted by atomic mass is 9.95. The third-order valence-corrected chi connectivity index (χ3v) is 4.88. The van der Waals surface area contributed by atoms with Gasteiger partial charge in [-0.15, -0.1) is 11.8 Å². The first kappa shape index (κ1) is 13.7. The van der Waals surface area contributed by atoms with Gasteiger partial charge in [0.2, 0.25) is 0 Å². The second kappa shape index (κ2) is 6.42. The van der Waals surface area contributed by atoms with Crippen LogP contribution in [-0.4, -0.2) is 4.98 Å². The Kier molecular flexibility index (Phi) is 4.38. The minimum absolute atomic E-state index is 0.581. The van der Waals surface area contributed by atoms with Gasteiger partial charge in [-0.3, -0.25) is 0 Å². The van der Waals surface area contributed by atoms with Gasteiger partial charge in [0.15, 0.2) is 0 Å². The molecule has 0 saturated heterocycles. The highest BCUT2D eigenvalue weighted by atomic mass is 32.2. The van der Waals surface area contributed by atoms with Crippen molar-refractivity contribution in [3.8, 4) is 0 Å². The zero-order valence-corrected chi connectivity index (χ0v) is 12.5. The van der Waals surface area contributed by atoms with E-state index in [9.17, 15) is 0 Å². The smallest absolute Gasteiger partial charge is 0.101 e. The van der Waals surface area contributed by atoms with Crippen LogP contribution in [0.3, 0.4) is 0 Å². The Morgan fingerprint density at radius 1 is 1.10 bits per heavy atom. The molecule has 1 aliphatic rings. The van der Waals surface area contributed by atoms with E-state index in [0.717, 1.165) is 17.2 Å². The molecule has 1 aromatic carbocycles. The summed E-state index contributed by atoms with van der Waals surface area (Å²) in [6.45, 7) is 0.581. The van der Waals surface area contributed by atoms with Gasteiger partial charge < -0.3 is 5.73 Å². The van der Waals surface area contributed by atoms with Gasteiger partial charge in [-0.2, -0.15) is 0 Å². The topological polar surface area (TPSA) is 38.9 Å². The highest BCUT2D eigenvalue weighted by Crippen LogP contribution is 2.29. The Morgan fingerprint density at radius 2 is 1.90 bits per heavy atom. The van der Waals surface area contributed by atoms with Gasteiger partial charge in [-0.25, -0.2) is 4.98 Å². The SMILES string of the molecule is NCc1cc2c(nc1SCc1ccccc1)CCCC2.